The molecule has 1 N–H and O–H groups in total. The third kappa shape index (κ3) is 1.65. The molecule has 0 aliphatic carbocycles. The van der Waals surface area contributed by atoms with Gasteiger partial charge in [0.05, 0.1) is 23.4 Å². The largest absolute Gasteiger partial charge is 0.281 e. The van der Waals surface area contributed by atoms with Crippen LogP contribution in [0.5, 0.6) is 0 Å². The number of rotatable bonds is 2. The molecule has 2 aromatic rings. The zero-order valence-electron chi connectivity index (χ0n) is 9.18. The fraction of sp³-hybridized carbons (Fsp3) is 0.0833. The molecule has 2 amide bonds. The number of carbonyl (C=O) groups is 2. The number of amides is 2. The van der Waals surface area contributed by atoms with E-state index in [1.54, 1.807) is 30.5 Å². The summed E-state index contributed by atoms with van der Waals surface area (Å²) in [6.07, 6.45) is 1.59. The van der Waals surface area contributed by atoms with Crippen molar-refractivity contribution in [3.8, 4) is 0 Å². The summed E-state index contributed by atoms with van der Waals surface area (Å²) in [5.74, 6) is -0.539. The average Bonchev–Trinajstić information content (AvgIpc) is 2.93. The maximum Gasteiger partial charge on any atom is 0.261 e. The van der Waals surface area contributed by atoms with Crippen LogP contribution in [0.3, 0.4) is 0 Å². The number of carbonyl (C=O) groups excluding carboxylic acids is 2. The lowest BCUT2D eigenvalue weighted by molar-refractivity contribution is 0.0640. The first-order valence-corrected chi connectivity index (χ1v) is 6.10. The fourth-order valence-electron chi connectivity index (χ4n) is 1.95. The Hall–Kier alpha value is -1.95. The molecule has 5 nitrogen and oxygen atoms in total. The molecule has 1 aliphatic heterocycles. The molecule has 0 saturated heterocycles. The maximum absolute atomic E-state index is 12.1. The third-order valence-electron chi connectivity index (χ3n) is 2.82. The van der Waals surface area contributed by atoms with E-state index in [0.717, 1.165) is 10.2 Å². The number of benzene rings is 1. The zero-order valence-corrected chi connectivity index (χ0v) is 10.8. The van der Waals surface area contributed by atoms with Crippen LogP contribution in [0.15, 0.2) is 34.9 Å². The van der Waals surface area contributed by atoms with Crippen LogP contribution in [0.1, 0.15) is 26.4 Å². The lowest BCUT2D eigenvalue weighted by Gasteiger charge is -2.11. The van der Waals surface area contributed by atoms with Gasteiger partial charge in [0.25, 0.3) is 11.8 Å². The second kappa shape index (κ2) is 4.06. The van der Waals surface area contributed by atoms with Crippen LogP contribution in [-0.2, 0) is 6.54 Å². The van der Waals surface area contributed by atoms with Crippen LogP contribution >= 0.6 is 15.9 Å². The normalized spacial score (nSPS) is 14.2. The van der Waals surface area contributed by atoms with Gasteiger partial charge in [0.1, 0.15) is 0 Å². The number of fused-ring (bicyclic) bond motifs is 1. The van der Waals surface area contributed by atoms with Crippen molar-refractivity contribution in [3.63, 3.8) is 0 Å². The SMILES string of the molecule is O=C1c2ccc(Br)cc2C(=O)N1Cc1ccn[nH]1. The average molecular weight is 306 g/mol. The molecule has 2 heterocycles. The summed E-state index contributed by atoms with van der Waals surface area (Å²) in [4.78, 5) is 25.4. The van der Waals surface area contributed by atoms with Gasteiger partial charge in [-0.2, -0.15) is 5.10 Å². The molecule has 0 bridgehead atoms. The molecule has 0 unspecified atom stereocenters. The van der Waals surface area contributed by atoms with Gasteiger partial charge in [-0.15, -0.1) is 0 Å². The Balaban J connectivity index is 1.97. The number of hydrogen-bond donors (Lipinski definition) is 1. The zero-order chi connectivity index (χ0) is 12.7. The van der Waals surface area contributed by atoms with Gasteiger partial charge in [-0.25, -0.2) is 0 Å². The molecular formula is C12H8BrN3O2. The molecule has 90 valence electrons. The van der Waals surface area contributed by atoms with Crippen LogP contribution in [0, 0.1) is 0 Å². The van der Waals surface area contributed by atoms with Crippen molar-refractivity contribution < 1.29 is 9.59 Å². The van der Waals surface area contributed by atoms with Crippen molar-refractivity contribution in [1.29, 1.82) is 0 Å². The number of nitrogens with one attached hydrogen (secondary N) is 1. The first-order chi connectivity index (χ1) is 8.66. The van der Waals surface area contributed by atoms with Crippen LogP contribution < -0.4 is 0 Å². The number of imide groups is 1. The molecule has 0 fully saturated rings. The van der Waals surface area contributed by atoms with E-state index in [9.17, 15) is 9.59 Å². The van der Waals surface area contributed by atoms with E-state index in [2.05, 4.69) is 26.1 Å². The number of aromatic amines is 1. The molecule has 6 heteroatoms. The van der Waals surface area contributed by atoms with Crippen LogP contribution in [0.25, 0.3) is 0 Å². The van der Waals surface area contributed by atoms with Crippen molar-refractivity contribution in [2.45, 2.75) is 6.54 Å². The predicted molar refractivity (Wildman–Crippen MR) is 66.9 cm³/mol. The summed E-state index contributed by atoms with van der Waals surface area (Å²) in [5, 5.41) is 6.53. The molecule has 1 aromatic carbocycles. The molecule has 18 heavy (non-hydrogen) atoms. The van der Waals surface area contributed by atoms with Gasteiger partial charge in [0.15, 0.2) is 0 Å². The summed E-state index contributed by atoms with van der Waals surface area (Å²) in [7, 11) is 0. The Morgan fingerprint density at radius 3 is 2.67 bits per heavy atom. The molecule has 0 spiro atoms. The van der Waals surface area contributed by atoms with Crippen molar-refractivity contribution >= 4 is 27.7 Å². The topological polar surface area (TPSA) is 66.1 Å². The van der Waals surface area contributed by atoms with Gasteiger partial charge < -0.3 is 0 Å². The lowest BCUT2D eigenvalue weighted by Crippen LogP contribution is -2.29. The van der Waals surface area contributed by atoms with Gasteiger partial charge >= 0.3 is 0 Å². The molecule has 0 atom stereocenters. The Morgan fingerprint density at radius 2 is 1.94 bits per heavy atom. The maximum atomic E-state index is 12.1. The minimum atomic E-state index is -0.272. The quantitative estimate of drug-likeness (QED) is 0.863. The summed E-state index contributed by atoms with van der Waals surface area (Å²) in [5.41, 5.74) is 1.61. The van der Waals surface area contributed by atoms with E-state index in [0.29, 0.717) is 11.1 Å². The van der Waals surface area contributed by atoms with Crippen molar-refractivity contribution in [1.82, 2.24) is 15.1 Å². The van der Waals surface area contributed by atoms with Gasteiger partial charge in [-0.05, 0) is 24.3 Å². The number of H-pyrrole nitrogens is 1. The smallest absolute Gasteiger partial charge is 0.261 e. The minimum Gasteiger partial charge on any atom is -0.281 e. The second-order valence-electron chi connectivity index (χ2n) is 3.97. The van der Waals surface area contributed by atoms with Crippen LogP contribution in [-0.4, -0.2) is 26.9 Å². The van der Waals surface area contributed by atoms with Gasteiger partial charge in [0, 0.05) is 10.7 Å². The standard InChI is InChI=1S/C12H8BrN3O2/c13-7-1-2-9-10(5-7)12(18)16(11(9)17)6-8-3-4-14-15-8/h1-5H,6H2,(H,14,15). The highest BCUT2D eigenvalue weighted by Crippen LogP contribution is 2.26. The number of halogens is 1. The van der Waals surface area contributed by atoms with Crippen LogP contribution in [0.4, 0.5) is 0 Å². The Bertz CT molecular complexity index is 637. The Morgan fingerprint density at radius 1 is 1.17 bits per heavy atom. The molecule has 0 radical (unpaired) electrons. The van der Waals surface area contributed by atoms with E-state index in [-0.39, 0.29) is 18.4 Å². The molecule has 3 rings (SSSR count). The van der Waals surface area contributed by atoms with Crippen molar-refractivity contribution in [2.24, 2.45) is 0 Å². The highest BCUT2D eigenvalue weighted by Gasteiger charge is 2.35. The predicted octanol–water partition coefficient (Wildman–Crippen LogP) is 1.97. The third-order valence-corrected chi connectivity index (χ3v) is 3.31. The molecular weight excluding hydrogens is 298 g/mol. The molecule has 0 saturated carbocycles. The highest BCUT2D eigenvalue weighted by atomic mass is 79.9. The number of nitrogens with zero attached hydrogens (tertiary/aromatic N) is 2. The van der Waals surface area contributed by atoms with E-state index >= 15 is 0 Å². The minimum absolute atomic E-state index is 0.212. The first kappa shape index (κ1) is 11.2. The fourth-order valence-corrected chi connectivity index (χ4v) is 2.31. The lowest BCUT2D eigenvalue weighted by atomic mass is 10.1. The summed E-state index contributed by atoms with van der Waals surface area (Å²) >= 11 is 3.29. The summed E-state index contributed by atoms with van der Waals surface area (Å²) < 4.78 is 0.783. The van der Waals surface area contributed by atoms with Crippen molar-refractivity contribution in [3.05, 3.63) is 51.8 Å². The van der Waals surface area contributed by atoms with Crippen LogP contribution in [0.2, 0.25) is 0 Å². The summed E-state index contributed by atoms with van der Waals surface area (Å²) in [6, 6.07) is 6.82. The van der Waals surface area contributed by atoms with Gasteiger partial charge in [0.2, 0.25) is 0 Å². The van der Waals surface area contributed by atoms with Gasteiger partial charge in [-0.1, -0.05) is 15.9 Å². The van der Waals surface area contributed by atoms with Crippen molar-refractivity contribution in [2.75, 3.05) is 0 Å². The van der Waals surface area contributed by atoms with E-state index in [4.69, 9.17) is 0 Å². The van der Waals surface area contributed by atoms with E-state index < -0.39 is 0 Å². The monoisotopic (exact) mass is 305 g/mol. The first-order valence-electron chi connectivity index (χ1n) is 5.31. The highest BCUT2D eigenvalue weighted by molar-refractivity contribution is 9.10. The second-order valence-corrected chi connectivity index (χ2v) is 4.88. The van der Waals surface area contributed by atoms with Gasteiger partial charge in [-0.3, -0.25) is 19.6 Å². The Kier molecular flexibility index (Phi) is 2.52. The summed E-state index contributed by atoms with van der Waals surface area (Å²) in [6.45, 7) is 0.212. The van der Waals surface area contributed by atoms with E-state index in [1.165, 1.54) is 4.90 Å². The number of aromatic nitrogens is 2. The number of hydrogen-bond acceptors (Lipinski definition) is 3. The van der Waals surface area contributed by atoms with E-state index in [1.807, 2.05) is 0 Å². The molecule has 1 aliphatic rings. The Labute approximate surface area is 111 Å². The molecule has 1 aromatic heterocycles.